The van der Waals surface area contributed by atoms with Gasteiger partial charge in [-0.3, -0.25) is 14.4 Å². The third kappa shape index (κ3) is 5.78. The number of nitrogens with zero attached hydrogens (tertiary/aromatic N) is 3. The SMILES string of the molecule is [N-]=[N+]=NC[C@H](CC(=O)O)NC(=O)c1ccc(CNC(=O)C2CCC2)cc1. The highest BCUT2D eigenvalue weighted by Gasteiger charge is 2.24. The van der Waals surface area contributed by atoms with Crippen LogP contribution in [0.15, 0.2) is 29.4 Å². The maximum atomic E-state index is 12.2. The van der Waals surface area contributed by atoms with E-state index in [9.17, 15) is 14.4 Å². The lowest BCUT2D eigenvalue weighted by molar-refractivity contribution is -0.137. The fourth-order valence-electron chi connectivity index (χ4n) is 2.55. The zero-order valence-corrected chi connectivity index (χ0v) is 14.2. The summed E-state index contributed by atoms with van der Waals surface area (Å²) in [5.41, 5.74) is 9.57. The summed E-state index contributed by atoms with van der Waals surface area (Å²) in [5.74, 6) is -1.36. The predicted octanol–water partition coefficient (Wildman–Crippen LogP) is 1.99. The number of carbonyl (C=O) groups excluding carboxylic acids is 2. The van der Waals surface area contributed by atoms with E-state index in [1.54, 1.807) is 24.3 Å². The van der Waals surface area contributed by atoms with Crippen LogP contribution in [0.25, 0.3) is 10.4 Å². The Morgan fingerprint density at radius 3 is 2.50 bits per heavy atom. The first-order chi connectivity index (χ1) is 12.5. The number of carbonyl (C=O) groups is 3. The van der Waals surface area contributed by atoms with Gasteiger partial charge in [-0.05, 0) is 36.1 Å². The molecule has 0 unspecified atom stereocenters. The van der Waals surface area contributed by atoms with Crippen molar-refractivity contribution in [2.75, 3.05) is 6.54 Å². The van der Waals surface area contributed by atoms with Crippen LogP contribution in [0.5, 0.6) is 0 Å². The number of hydrogen-bond donors (Lipinski definition) is 3. The van der Waals surface area contributed by atoms with E-state index >= 15 is 0 Å². The molecule has 1 aromatic carbocycles. The Morgan fingerprint density at radius 2 is 1.96 bits per heavy atom. The van der Waals surface area contributed by atoms with Crippen molar-refractivity contribution in [3.05, 3.63) is 45.8 Å². The smallest absolute Gasteiger partial charge is 0.305 e. The minimum absolute atomic E-state index is 0.0626. The van der Waals surface area contributed by atoms with Crippen LogP contribution in [-0.4, -0.2) is 35.5 Å². The Labute approximate surface area is 150 Å². The normalized spacial score (nSPS) is 14.5. The standard InChI is InChI=1S/C17H21N5O4/c18-22-20-10-14(8-15(23)24)21-17(26)13-6-4-11(5-7-13)9-19-16(25)12-2-1-3-12/h4-7,12,14H,1-3,8-10H2,(H,19,25)(H,21,26)(H,23,24)/t14-/m0/s1. The van der Waals surface area contributed by atoms with Crippen LogP contribution in [0.1, 0.15) is 41.6 Å². The molecule has 0 bridgehead atoms. The molecule has 0 saturated heterocycles. The van der Waals surface area contributed by atoms with E-state index in [4.69, 9.17) is 10.6 Å². The molecule has 0 spiro atoms. The van der Waals surface area contributed by atoms with E-state index < -0.39 is 17.9 Å². The van der Waals surface area contributed by atoms with Crippen molar-refractivity contribution in [2.45, 2.75) is 38.3 Å². The van der Waals surface area contributed by atoms with Crippen LogP contribution >= 0.6 is 0 Å². The van der Waals surface area contributed by atoms with Gasteiger partial charge in [-0.25, -0.2) is 0 Å². The molecule has 1 aromatic rings. The molecular formula is C17H21N5O4. The fraction of sp³-hybridized carbons (Fsp3) is 0.471. The second-order valence-corrected chi connectivity index (χ2v) is 6.22. The van der Waals surface area contributed by atoms with Gasteiger partial charge in [0, 0.05) is 35.5 Å². The zero-order valence-electron chi connectivity index (χ0n) is 14.2. The van der Waals surface area contributed by atoms with Gasteiger partial charge < -0.3 is 15.7 Å². The summed E-state index contributed by atoms with van der Waals surface area (Å²) in [7, 11) is 0. The Bertz CT molecular complexity index is 704. The maximum absolute atomic E-state index is 12.2. The molecule has 1 aliphatic carbocycles. The van der Waals surface area contributed by atoms with E-state index in [0.29, 0.717) is 12.1 Å². The molecular weight excluding hydrogens is 338 g/mol. The van der Waals surface area contributed by atoms with Crippen molar-refractivity contribution in [3.8, 4) is 0 Å². The molecule has 1 fully saturated rings. The van der Waals surface area contributed by atoms with E-state index in [0.717, 1.165) is 24.8 Å². The van der Waals surface area contributed by atoms with Gasteiger partial charge in [0.1, 0.15) is 0 Å². The first-order valence-electron chi connectivity index (χ1n) is 8.39. The molecule has 1 atom stereocenters. The Balaban J connectivity index is 1.88. The van der Waals surface area contributed by atoms with Crippen LogP contribution in [0, 0.1) is 5.92 Å². The summed E-state index contributed by atoms with van der Waals surface area (Å²) in [6.07, 6.45) is 2.65. The molecule has 1 aliphatic rings. The Hall–Kier alpha value is -3.06. The van der Waals surface area contributed by atoms with Crippen LogP contribution in [-0.2, 0) is 16.1 Å². The number of azide groups is 1. The Morgan fingerprint density at radius 1 is 1.27 bits per heavy atom. The van der Waals surface area contributed by atoms with E-state index in [1.165, 1.54) is 0 Å². The van der Waals surface area contributed by atoms with Crippen LogP contribution in [0.2, 0.25) is 0 Å². The van der Waals surface area contributed by atoms with Gasteiger partial charge in [-0.15, -0.1) is 0 Å². The average molecular weight is 359 g/mol. The maximum Gasteiger partial charge on any atom is 0.305 e. The largest absolute Gasteiger partial charge is 0.481 e. The zero-order chi connectivity index (χ0) is 18.9. The monoisotopic (exact) mass is 359 g/mol. The minimum Gasteiger partial charge on any atom is -0.481 e. The van der Waals surface area contributed by atoms with Gasteiger partial charge in [0.25, 0.3) is 5.91 Å². The first kappa shape index (κ1) is 19.3. The molecule has 1 saturated carbocycles. The molecule has 0 radical (unpaired) electrons. The fourth-order valence-corrected chi connectivity index (χ4v) is 2.55. The van der Waals surface area contributed by atoms with E-state index in [1.807, 2.05) is 0 Å². The number of hydrogen-bond acceptors (Lipinski definition) is 4. The summed E-state index contributed by atoms with van der Waals surface area (Å²) in [6.45, 7) is 0.260. The lowest BCUT2D eigenvalue weighted by atomic mass is 9.85. The van der Waals surface area contributed by atoms with Crippen LogP contribution in [0.4, 0.5) is 0 Å². The summed E-state index contributed by atoms with van der Waals surface area (Å²) in [5, 5.41) is 17.6. The molecule has 0 aromatic heterocycles. The van der Waals surface area contributed by atoms with Crippen molar-refractivity contribution in [2.24, 2.45) is 11.0 Å². The highest BCUT2D eigenvalue weighted by atomic mass is 16.4. The van der Waals surface area contributed by atoms with E-state index in [-0.39, 0.29) is 24.8 Å². The summed E-state index contributed by atoms with van der Waals surface area (Å²) < 4.78 is 0. The molecule has 0 aliphatic heterocycles. The quantitative estimate of drug-likeness (QED) is 0.352. The number of rotatable bonds is 9. The van der Waals surface area contributed by atoms with E-state index in [2.05, 4.69) is 20.7 Å². The lowest BCUT2D eigenvalue weighted by Crippen LogP contribution is -2.38. The summed E-state index contributed by atoms with van der Waals surface area (Å²) in [6, 6.07) is 5.89. The number of carboxylic acid groups (broad SMARTS) is 1. The molecule has 0 heterocycles. The number of nitrogens with one attached hydrogen (secondary N) is 2. The number of aliphatic carboxylic acids is 1. The molecule has 3 N–H and O–H groups in total. The van der Waals surface area contributed by atoms with Crippen molar-refractivity contribution in [1.29, 1.82) is 0 Å². The second-order valence-electron chi connectivity index (χ2n) is 6.22. The average Bonchev–Trinajstić information content (AvgIpc) is 2.56. The lowest BCUT2D eigenvalue weighted by Gasteiger charge is -2.24. The summed E-state index contributed by atoms with van der Waals surface area (Å²) in [4.78, 5) is 37.4. The third-order valence-corrected chi connectivity index (χ3v) is 4.28. The van der Waals surface area contributed by atoms with Gasteiger partial charge in [-0.2, -0.15) is 0 Å². The molecule has 2 rings (SSSR count). The molecule has 26 heavy (non-hydrogen) atoms. The van der Waals surface area contributed by atoms with Gasteiger partial charge in [0.2, 0.25) is 5.91 Å². The van der Waals surface area contributed by atoms with Gasteiger partial charge in [0.15, 0.2) is 0 Å². The van der Waals surface area contributed by atoms with Crippen LogP contribution < -0.4 is 10.6 Å². The highest BCUT2D eigenvalue weighted by Crippen LogP contribution is 2.26. The topological polar surface area (TPSA) is 144 Å². The second kappa shape index (κ2) is 9.43. The van der Waals surface area contributed by atoms with Crippen molar-refractivity contribution in [3.63, 3.8) is 0 Å². The summed E-state index contributed by atoms with van der Waals surface area (Å²) >= 11 is 0. The number of carboxylic acids is 1. The first-order valence-corrected chi connectivity index (χ1v) is 8.39. The van der Waals surface area contributed by atoms with Gasteiger partial charge >= 0.3 is 5.97 Å². The highest BCUT2D eigenvalue weighted by molar-refractivity contribution is 5.94. The minimum atomic E-state index is -1.10. The van der Waals surface area contributed by atoms with Crippen molar-refractivity contribution in [1.82, 2.24) is 10.6 Å². The third-order valence-electron chi connectivity index (χ3n) is 4.28. The Kier molecular flexibility index (Phi) is 6.99. The number of benzene rings is 1. The molecule has 138 valence electrons. The predicted molar refractivity (Wildman–Crippen MR) is 93.1 cm³/mol. The van der Waals surface area contributed by atoms with Gasteiger partial charge in [0.05, 0.1) is 6.42 Å². The molecule has 9 heteroatoms. The van der Waals surface area contributed by atoms with Crippen molar-refractivity contribution < 1.29 is 19.5 Å². The molecule has 2 amide bonds. The molecule has 9 nitrogen and oxygen atoms in total. The number of amides is 2. The van der Waals surface area contributed by atoms with Crippen LogP contribution in [0.3, 0.4) is 0 Å². The van der Waals surface area contributed by atoms with Gasteiger partial charge in [-0.1, -0.05) is 23.7 Å². The van der Waals surface area contributed by atoms with Crippen molar-refractivity contribution >= 4 is 17.8 Å².